The lowest BCUT2D eigenvalue weighted by Gasteiger charge is -1.97. The summed E-state index contributed by atoms with van der Waals surface area (Å²) >= 11 is -2.07. The number of hydrogen-bond acceptors (Lipinski definition) is 1. The lowest BCUT2D eigenvalue weighted by atomic mass is 10.2. The minimum Gasteiger partial charge on any atom is -0.306 e. The molecule has 0 radical (unpaired) electrons. The predicted octanol–water partition coefficient (Wildman–Crippen LogP) is 1.69. The van der Waals surface area contributed by atoms with E-state index in [4.69, 9.17) is 4.55 Å². The van der Waals surface area contributed by atoms with Crippen LogP contribution >= 0.6 is 0 Å². The zero-order chi connectivity index (χ0) is 9.14. The highest BCUT2D eigenvalue weighted by Crippen LogP contribution is 2.09. The van der Waals surface area contributed by atoms with E-state index in [-0.39, 0.29) is 11.3 Å². The highest BCUT2D eigenvalue weighted by molar-refractivity contribution is 7.78. The summed E-state index contributed by atoms with van der Waals surface area (Å²) in [4.78, 5) is 0. The largest absolute Gasteiger partial charge is 0.306 e. The first kappa shape index (κ1) is 9.28. The first-order chi connectivity index (χ1) is 5.58. The molecule has 5 heteroatoms. The van der Waals surface area contributed by atoms with Crippen LogP contribution in [0.1, 0.15) is 5.56 Å². The van der Waals surface area contributed by atoms with E-state index in [1.807, 2.05) is 0 Å². The lowest BCUT2D eigenvalue weighted by Crippen LogP contribution is -1.94. The molecule has 0 saturated carbocycles. The molecule has 0 amide bonds. The van der Waals surface area contributed by atoms with E-state index in [1.54, 1.807) is 0 Å². The van der Waals surface area contributed by atoms with Crippen molar-refractivity contribution in [2.75, 3.05) is 0 Å². The van der Waals surface area contributed by atoms with Crippen molar-refractivity contribution >= 4 is 11.1 Å². The van der Waals surface area contributed by atoms with Crippen molar-refractivity contribution in [3.63, 3.8) is 0 Å². The summed E-state index contributed by atoms with van der Waals surface area (Å²) in [5, 5.41) is 0. The molecule has 0 aliphatic rings. The maximum absolute atomic E-state index is 12.5. The summed E-state index contributed by atoms with van der Waals surface area (Å²) in [7, 11) is 0. The first-order valence-electron chi connectivity index (χ1n) is 3.10. The first-order valence-corrected chi connectivity index (χ1v) is 4.38. The molecule has 0 heterocycles. The standard InChI is InChI=1S/C7H6F2O2S/c8-6-1-5(4-12(10)11)2-7(9)3-6/h1-3H,4H2,(H,10,11). The number of benzene rings is 1. The fourth-order valence-electron chi connectivity index (χ4n) is 0.837. The van der Waals surface area contributed by atoms with E-state index in [1.165, 1.54) is 0 Å². The molecule has 12 heavy (non-hydrogen) atoms. The molecule has 66 valence electrons. The predicted molar refractivity (Wildman–Crippen MR) is 40.8 cm³/mol. The highest BCUT2D eigenvalue weighted by atomic mass is 32.2. The van der Waals surface area contributed by atoms with Gasteiger partial charge in [0.05, 0.1) is 5.75 Å². The molecular weight excluding hydrogens is 186 g/mol. The van der Waals surface area contributed by atoms with Crippen LogP contribution in [0.5, 0.6) is 0 Å². The van der Waals surface area contributed by atoms with Gasteiger partial charge in [-0.15, -0.1) is 0 Å². The molecule has 2 nitrogen and oxygen atoms in total. The molecule has 0 bridgehead atoms. The Bertz CT molecular complexity index is 294. The Kier molecular flexibility index (Phi) is 2.88. The Hall–Kier alpha value is -0.810. The molecular formula is C7H6F2O2S. The van der Waals surface area contributed by atoms with Gasteiger partial charge in [-0.25, -0.2) is 13.0 Å². The summed E-state index contributed by atoms with van der Waals surface area (Å²) in [6, 6.07) is 2.76. The third-order valence-corrected chi connectivity index (χ3v) is 1.79. The quantitative estimate of drug-likeness (QED) is 0.724. The maximum atomic E-state index is 12.5. The van der Waals surface area contributed by atoms with Gasteiger partial charge in [0.25, 0.3) is 0 Å². The Morgan fingerprint density at radius 1 is 1.25 bits per heavy atom. The summed E-state index contributed by atoms with van der Waals surface area (Å²) in [6.45, 7) is 0. The van der Waals surface area contributed by atoms with E-state index in [2.05, 4.69) is 0 Å². The molecule has 1 atom stereocenters. The van der Waals surface area contributed by atoms with Gasteiger partial charge in [-0.3, -0.25) is 0 Å². The normalized spacial score (nSPS) is 12.9. The van der Waals surface area contributed by atoms with Gasteiger partial charge in [-0.2, -0.15) is 0 Å². The Balaban J connectivity index is 2.93. The second-order valence-electron chi connectivity index (χ2n) is 2.24. The van der Waals surface area contributed by atoms with Gasteiger partial charge < -0.3 is 4.55 Å². The van der Waals surface area contributed by atoms with Crippen LogP contribution < -0.4 is 0 Å². The average molecular weight is 192 g/mol. The highest BCUT2D eigenvalue weighted by Gasteiger charge is 2.02. The van der Waals surface area contributed by atoms with Gasteiger partial charge in [-0.05, 0) is 17.7 Å². The fraction of sp³-hybridized carbons (Fsp3) is 0.143. The minimum absolute atomic E-state index is 0.174. The van der Waals surface area contributed by atoms with E-state index >= 15 is 0 Å². The van der Waals surface area contributed by atoms with Crippen molar-refractivity contribution in [2.45, 2.75) is 5.75 Å². The second kappa shape index (κ2) is 3.73. The van der Waals surface area contributed by atoms with Crippen molar-refractivity contribution in [3.05, 3.63) is 35.4 Å². The third kappa shape index (κ3) is 2.67. The molecule has 0 aliphatic carbocycles. The molecule has 0 saturated heterocycles. The van der Waals surface area contributed by atoms with Crippen LogP contribution in [0.3, 0.4) is 0 Å². The second-order valence-corrected chi connectivity index (χ2v) is 3.18. The molecule has 1 aromatic rings. The van der Waals surface area contributed by atoms with Crippen LogP contribution in [0.25, 0.3) is 0 Å². The average Bonchev–Trinajstić information content (AvgIpc) is 1.81. The Labute approximate surface area is 70.5 Å². The van der Waals surface area contributed by atoms with Crippen LogP contribution in [0, 0.1) is 11.6 Å². The van der Waals surface area contributed by atoms with Gasteiger partial charge in [-0.1, -0.05) is 0 Å². The van der Waals surface area contributed by atoms with Crippen molar-refractivity contribution < 1.29 is 17.5 Å². The molecule has 0 aromatic heterocycles. The van der Waals surface area contributed by atoms with E-state index in [0.29, 0.717) is 6.07 Å². The molecule has 1 aromatic carbocycles. The fourth-order valence-corrected chi connectivity index (χ4v) is 1.29. The van der Waals surface area contributed by atoms with Crippen molar-refractivity contribution in [1.29, 1.82) is 0 Å². The molecule has 1 N–H and O–H groups in total. The van der Waals surface area contributed by atoms with E-state index in [0.717, 1.165) is 12.1 Å². The van der Waals surface area contributed by atoms with Crippen molar-refractivity contribution in [2.24, 2.45) is 0 Å². The van der Waals surface area contributed by atoms with Gasteiger partial charge >= 0.3 is 0 Å². The van der Waals surface area contributed by atoms with Gasteiger partial charge in [0.2, 0.25) is 0 Å². The summed E-state index contributed by atoms with van der Waals surface area (Å²) < 4.78 is 43.6. The summed E-state index contributed by atoms with van der Waals surface area (Å²) in [5.74, 6) is -1.74. The molecule has 0 spiro atoms. The number of halogens is 2. The molecule has 0 aliphatic heterocycles. The van der Waals surface area contributed by atoms with Gasteiger partial charge in [0, 0.05) is 6.07 Å². The number of hydrogen-bond donors (Lipinski definition) is 1. The van der Waals surface area contributed by atoms with Gasteiger partial charge in [0.15, 0.2) is 11.1 Å². The van der Waals surface area contributed by atoms with Crippen LogP contribution in [-0.2, 0) is 16.8 Å². The minimum atomic E-state index is -2.07. The number of rotatable bonds is 2. The monoisotopic (exact) mass is 192 g/mol. The summed E-state index contributed by atoms with van der Waals surface area (Å²) in [6.07, 6.45) is 0. The SMILES string of the molecule is O=S(O)Cc1cc(F)cc(F)c1. The van der Waals surface area contributed by atoms with Gasteiger partial charge in [0.1, 0.15) is 11.6 Å². The molecule has 1 rings (SSSR count). The zero-order valence-corrected chi connectivity index (χ0v) is 6.78. The van der Waals surface area contributed by atoms with Crippen molar-refractivity contribution in [3.8, 4) is 0 Å². The smallest absolute Gasteiger partial charge is 0.157 e. The van der Waals surface area contributed by atoms with E-state index < -0.39 is 22.7 Å². The Morgan fingerprint density at radius 3 is 2.17 bits per heavy atom. The summed E-state index contributed by atoms with van der Waals surface area (Å²) in [5.41, 5.74) is 0.174. The topological polar surface area (TPSA) is 37.3 Å². The molecule has 0 fully saturated rings. The van der Waals surface area contributed by atoms with Crippen LogP contribution in [0.4, 0.5) is 8.78 Å². The van der Waals surface area contributed by atoms with E-state index in [9.17, 15) is 13.0 Å². The van der Waals surface area contributed by atoms with Crippen LogP contribution in [0.15, 0.2) is 18.2 Å². The molecule has 1 unspecified atom stereocenters. The van der Waals surface area contributed by atoms with Crippen LogP contribution in [-0.4, -0.2) is 8.76 Å². The third-order valence-electron chi connectivity index (χ3n) is 1.21. The zero-order valence-electron chi connectivity index (χ0n) is 5.96. The maximum Gasteiger partial charge on any atom is 0.157 e. The van der Waals surface area contributed by atoms with Crippen LogP contribution in [0.2, 0.25) is 0 Å². The Morgan fingerprint density at radius 2 is 1.75 bits per heavy atom. The lowest BCUT2D eigenvalue weighted by molar-refractivity contribution is 0.561. The van der Waals surface area contributed by atoms with Crippen molar-refractivity contribution in [1.82, 2.24) is 0 Å².